The van der Waals surface area contributed by atoms with E-state index in [1.807, 2.05) is 0 Å². The zero-order valence-electron chi connectivity index (χ0n) is 13.4. The van der Waals surface area contributed by atoms with Crippen molar-refractivity contribution in [3.05, 3.63) is 35.9 Å². The first-order valence-corrected chi connectivity index (χ1v) is 9.11. The van der Waals surface area contributed by atoms with Gasteiger partial charge in [0.25, 0.3) is 0 Å². The average molecular weight is 297 g/mol. The Hall–Kier alpha value is -1.31. The largest absolute Gasteiger partial charge is 0.353 e. The Balaban J connectivity index is 1.37. The van der Waals surface area contributed by atoms with Crippen LogP contribution >= 0.6 is 0 Å². The van der Waals surface area contributed by atoms with E-state index in [-0.39, 0.29) is 0 Å². The zero-order chi connectivity index (χ0) is 15.0. The van der Waals surface area contributed by atoms with Gasteiger partial charge < -0.3 is 5.32 Å². The van der Waals surface area contributed by atoms with Crippen LogP contribution in [0.25, 0.3) is 0 Å². The van der Waals surface area contributed by atoms with E-state index in [1.165, 1.54) is 50.5 Å². The number of benzene rings is 1. The molecule has 1 amide bonds. The molecule has 0 heterocycles. The summed E-state index contributed by atoms with van der Waals surface area (Å²) in [6.07, 6.45) is 11.2. The summed E-state index contributed by atoms with van der Waals surface area (Å²) in [7, 11) is 0. The summed E-state index contributed by atoms with van der Waals surface area (Å²) in [5.74, 6) is 1.33. The summed E-state index contributed by atoms with van der Waals surface area (Å²) < 4.78 is 0. The number of carbonyl (C=O) groups is 1. The molecular weight excluding hydrogens is 270 g/mol. The van der Waals surface area contributed by atoms with Crippen molar-refractivity contribution in [2.75, 3.05) is 0 Å². The Labute approximate surface area is 133 Å². The minimum Gasteiger partial charge on any atom is -0.353 e. The molecule has 3 atom stereocenters. The maximum atomic E-state index is 12.6. The minimum absolute atomic E-state index is 0.348. The van der Waals surface area contributed by atoms with Gasteiger partial charge in [0, 0.05) is 12.0 Å². The maximum Gasteiger partial charge on any atom is 0.223 e. The summed E-state index contributed by atoms with van der Waals surface area (Å²) >= 11 is 0. The molecule has 4 rings (SSSR count). The van der Waals surface area contributed by atoms with E-state index in [4.69, 9.17) is 0 Å². The van der Waals surface area contributed by atoms with Crippen LogP contribution in [-0.2, 0) is 11.2 Å². The van der Waals surface area contributed by atoms with Crippen molar-refractivity contribution in [3.63, 3.8) is 0 Å². The van der Waals surface area contributed by atoms with Crippen molar-refractivity contribution in [2.45, 2.75) is 63.8 Å². The molecular formula is C20H27NO. The third-order valence-electron chi connectivity index (χ3n) is 6.43. The van der Waals surface area contributed by atoms with Crippen LogP contribution in [0.5, 0.6) is 0 Å². The Kier molecular flexibility index (Phi) is 3.71. The molecule has 3 aliphatic carbocycles. The van der Waals surface area contributed by atoms with Crippen molar-refractivity contribution < 1.29 is 4.79 Å². The Morgan fingerprint density at radius 3 is 2.55 bits per heavy atom. The van der Waals surface area contributed by atoms with Gasteiger partial charge in [0.05, 0.1) is 0 Å². The summed E-state index contributed by atoms with van der Waals surface area (Å²) in [4.78, 5) is 12.6. The van der Waals surface area contributed by atoms with Gasteiger partial charge in [-0.3, -0.25) is 4.79 Å². The second-order valence-electron chi connectivity index (χ2n) is 7.82. The van der Waals surface area contributed by atoms with Crippen molar-refractivity contribution in [1.29, 1.82) is 0 Å². The first kappa shape index (κ1) is 14.3. The predicted molar refractivity (Wildman–Crippen MR) is 88.4 cm³/mol. The topological polar surface area (TPSA) is 29.1 Å². The highest BCUT2D eigenvalue weighted by atomic mass is 16.2. The van der Waals surface area contributed by atoms with Crippen LogP contribution < -0.4 is 5.32 Å². The van der Waals surface area contributed by atoms with Crippen LogP contribution in [0.15, 0.2) is 30.3 Å². The highest BCUT2D eigenvalue weighted by Crippen LogP contribution is 2.65. The van der Waals surface area contributed by atoms with Gasteiger partial charge >= 0.3 is 0 Å². The lowest BCUT2D eigenvalue weighted by atomic mass is 9.79. The number of nitrogens with one attached hydrogen (secondary N) is 1. The zero-order valence-corrected chi connectivity index (χ0v) is 13.4. The molecule has 3 saturated carbocycles. The molecule has 2 nitrogen and oxygen atoms in total. The summed E-state index contributed by atoms with van der Waals surface area (Å²) in [6, 6.07) is 11.2. The molecule has 1 aromatic rings. The standard InChI is InChI=1S/C20H27NO/c22-19(17-14-20(17)11-6-12-20)21-18-10-5-4-9-16(18)13-15-7-2-1-3-8-15/h1-3,7-8,16-18H,4-6,9-14H2,(H,21,22). The van der Waals surface area contributed by atoms with E-state index in [2.05, 4.69) is 35.6 Å². The molecule has 3 fully saturated rings. The van der Waals surface area contributed by atoms with Crippen molar-refractivity contribution >= 4 is 5.91 Å². The maximum absolute atomic E-state index is 12.6. The molecule has 0 aromatic heterocycles. The second-order valence-corrected chi connectivity index (χ2v) is 7.82. The third-order valence-corrected chi connectivity index (χ3v) is 6.43. The van der Waals surface area contributed by atoms with E-state index in [0.717, 1.165) is 12.8 Å². The molecule has 1 aromatic carbocycles. The molecule has 2 heteroatoms. The lowest BCUT2D eigenvalue weighted by molar-refractivity contribution is -0.125. The second kappa shape index (κ2) is 5.72. The van der Waals surface area contributed by atoms with Gasteiger partial charge in [-0.15, -0.1) is 0 Å². The van der Waals surface area contributed by atoms with E-state index < -0.39 is 0 Å². The van der Waals surface area contributed by atoms with Gasteiger partial charge in [0.2, 0.25) is 5.91 Å². The number of hydrogen-bond acceptors (Lipinski definition) is 1. The first-order chi connectivity index (χ1) is 10.8. The molecule has 3 aliphatic rings. The number of amides is 1. The fourth-order valence-corrected chi connectivity index (χ4v) is 4.74. The summed E-state index contributed by atoms with van der Waals surface area (Å²) in [5.41, 5.74) is 1.86. The van der Waals surface area contributed by atoms with Gasteiger partial charge in [-0.25, -0.2) is 0 Å². The van der Waals surface area contributed by atoms with E-state index in [1.54, 1.807) is 0 Å². The Morgan fingerprint density at radius 2 is 1.86 bits per heavy atom. The number of carbonyl (C=O) groups excluding carboxylic acids is 1. The van der Waals surface area contributed by atoms with Gasteiger partial charge in [-0.1, -0.05) is 49.6 Å². The van der Waals surface area contributed by atoms with Crippen LogP contribution in [0.2, 0.25) is 0 Å². The third kappa shape index (κ3) is 2.68. The van der Waals surface area contributed by atoms with E-state index in [0.29, 0.717) is 29.2 Å². The minimum atomic E-state index is 0.348. The molecule has 1 N–H and O–H groups in total. The number of hydrogen-bond donors (Lipinski definition) is 1. The smallest absolute Gasteiger partial charge is 0.223 e. The van der Waals surface area contributed by atoms with Crippen LogP contribution in [0.4, 0.5) is 0 Å². The van der Waals surface area contributed by atoms with Crippen molar-refractivity contribution in [2.24, 2.45) is 17.3 Å². The predicted octanol–water partition coefficient (Wildman–Crippen LogP) is 4.09. The fraction of sp³-hybridized carbons (Fsp3) is 0.650. The quantitative estimate of drug-likeness (QED) is 0.891. The summed E-state index contributed by atoms with van der Waals surface area (Å²) in [5, 5.41) is 3.44. The highest BCUT2D eigenvalue weighted by Gasteiger charge is 2.61. The van der Waals surface area contributed by atoms with Crippen LogP contribution in [0.1, 0.15) is 56.9 Å². The SMILES string of the molecule is O=C(NC1CCCCC1Cc1ccccc1)C1CC12CCC2. The Morgan fingerprint density at radius 1 is 1.09 bits per heavy atom. The molecule has 118 valence electrons. The van der Waals surface area contributed by atoms with Gasteiger partial charge in [-0.05, 0) is 55.4 Å². The van der Waals surface area contributed by atoms with E-state index >= 15 is 0 Å². The van der Waals surface area contributed by atoms with Gasteiger partial charge in [0.1, 0.15) is 0 Å². The van der Waals surface area contributed by atoms with Crippen LogP contribution in [0.3, 0.4) is 0 Å². The lowest BCUT2D eigenvalue weighted by Crippen LogP contribution is -2.44. The molecule has 0 aliphatic heterocycles. The van der Waals surface area contributed by atoms with Crippen molar-refractivity contribution in [3.8, 4) is 0 Å². The van der Waals surface area contributed by atoms with E-state index in [9.17, 15) is 4.79 Å². The number of rotatable bonds is 4. The molecule has 3 unspecified atom stereocenters. The van der Waals surface area contributed by atoms with Crippen molar-refractivity contribution in [1.82, 2.24) is 5.32 Å². The molecule has 0 saturated heterocycles. The Bertz CT molecular complexity index is 534. The average Bonchev–Trinajstić information content (AvgIpc) is 3.27. The summed E-state index contributed by atoms with van der Waals surface area (Å²) in [6.45, 7) is 0. The normalized spacial score (nSPS) is 32.3. The molecule has 0 radical (unpaired) electrons. The fourth-order valence-electron chi connectivity index (χ4n) is 4.74. The monoisotopic (exact) mass is 297 g/mol. The highest BCUT2D eigenvalue weighted by molar-refractivity contribution is 5.83. The van der Waals surface area contributed by atoms with Gasteiger partial charge in [0.15, 0.2) is 0 Å². The van der Waals surface area contributed by atoms with Crippen LogP contribution in [-0.4, -0.2) is 11.9 Å². The molecule has 22 heavy (non-hydrogen) atoms. The first-order valence-electron chi connectivity index (χ1n) is 9.11. The van der Waals surface area contributed by atoms with Gasteiger partial charge in [-0.2, -0.15) is 0 Å². The molecule has 1 spiro atoms. The molecule has 0 bridgehead atoms. The lowest BCUT2D eigenvalue weighted by Gasteiger charge is -2.33. The van der Waals surface area contributed by atoms with Crippen LogP contribution in [0, 0.1) is 17.3 Å².